The Labute approximate surface area is 110 Å². The smallest absolute Gasteiger partial charge is 0.224 e. The van der Waals surface area contributed by atoms with Crippen LogP contribution in [-0.2, 0) is 4.79 Å². The first kappa shape index (κ1) is 14.7. The zero-order chi connectivity index (χ0) is 13.5. The van der Waals surface area contributed by atoms with Crippen LogP contribution in [0.1, 0.15) is 38.8 Å². The molecule has 1 rings (SSSR count). The Morgan fingerprint density at radius 1 is 1.22 bits per heavy atom. The van der Waals surface area contributed by atoms with Gasteiger partial charge >= 0.3 is 0 Å². The first-order chi connectivity index (χ1) is 8.52. The molecule has 0 heterocycles. The lowest BCUT2D eigenvalue weighted by Gasteiger charge is -2.25. The molecule has 1 aromatic carbocycles. The van der Waals surface area contributed by atoms with Gasteiger partial charge < -0.3 is 10.2 Å². The quantitative estimate of drug-likeness (QED) is 0.839. The van der Waals surface area contributed by atoms with Gasteiger partial charge in [-0.15, -0.1) is 0 Å². The fourth-order valence-corrected chi connectivity index (χ4v) is 1.82. The number of nitrogens with one attached hydrogen (secondary N) is 1. The fourth-order valence-electron chi connectivity index (χ4n) is 1.82. The van der Waals surface area contributed by atoms with E-state index in [1.807, 2.05) is 30.1 Å². The Balaban J connectivity index is 2.48. The van der Waals surface area contributed by atoms with Crippen LogP contribution in [0, 0.1) is 0 Å². The SMILES string of the molecule is CC(C)NCCC(=O)N(C)C(C)c1ccccc1. The molecule has 1 amide bonds. The van der Waals surface area contributed by atoms with Gasteiger partial charge in [0.15, 0.2) is 0 Å². The third-order valence-electron chi connectivity index (χ3n) is 3.15. The lowest BCUT2D eigenvalue weighted by atomic mass is 10.1. The van der Waals surface area contributed by atoms with E-state index >= 15 is 0 Å². The molecule has 0 fully saturated rings. The molecule has 0 aliphatic heterocycles. The highest BCUT2D eigenvalue weighted by Crippen LogP contribution is 2.18. The van der Waals surface area contributed by atoms with Crippen molar-refractivity contribution in [2.45, 2.75) is 39.3 Å². The summed E-state index contributed by atoms with van der Waals surface area (Å²) in [5.74, 6) is 0.180. The van der Waals surface area contributed by atoms with E-state index in [-0.39, 0.29) is 11.9 Å². The van der Waals surface area contributed by atoms with Gasteiger partial charge in [0, 0.05) is 26.1 Å². The molecule has 0 aromatic heterocycles. The average molecular weight is 248 g/mol. The Kier molecular flexibility index (Phi) is 5.86. The molecule has 1 unspecified atom stereocenters. The van der Waals surface area contributed by atoms with Crippen LogP contribution in [0.25, 0.3) is 0 Å². The van der Waals surface area contributed by atoms with Crippen LogP contribution in [0.4, 0.5) is 0 Å². The largest absolute Gasteiger partial charge is 0.339 e. The van der Waals surface area contributed by atoms with Gasteiger partial charge in [0.2, 0.25) is 5.91 Å². The standard InChI is InChI=1S/C15H24N2O/c1-12(2)16-11-10-15(18)17(4)13(3)14-8-6-5-7-9-14/h5-9,12-13,16H,10-11H2,1-4H3. The second kappa shape index (κ2) is 7.17. The number of hydrogen-bond donors (Lipinski definition) is 1. The Morgan fingerprint density at radius 3 is 2.39 bits per heavy atom. The lowest BCUT2D eigenvalue weighted by Crippen LogP contribution is -2.33. The van der Waals surface area contributed by atoms with E-state index in [9.17, 15) is 4.79 Å². The van der Waals surface area contributed by atoms with E-state index in [0.717, 1.165) is 6.54 Å². The van der Waals surface area contributed by atoms with Crippen LogP contribution < -0.4 is 5.32 Å². The maximum atomic E-state index is 12.0. The number of carbonyl (C=O) groups is 1. The van der Waals surface area contributed by atoms with Gasteiger partial charge in [-0.1, -0.05) is 44.2 Å². The van der Waals surface area contributed by atoms with Crippen molar-refractivity contribution in [3.05, 3.63) is 35.9 Å². The van der Waals surface area contributed by atoms with Crippen LogP contribution in [0.15, 0.2) is 30.3 Å². The van der Waals surface area contributed by atoms with Crippen LogP contribution in [-0.4, -0.2) is 30.4 Å². The van der Waals surface area contributed by atoms with Crippen molar-refractivity contribution < 1.29 is 4.79 Å². The first-order valence-corrected chi connectivity index (χ1v) is 6.56. The van der Waals surface area contributed by atoms with Crippen molar-refractivity contribution in [3.63, 3.8) is 0 Å². The summed E-state index contributed by atoms with van der Waals surface area (Å²) in [6, 6.07) is 10.7. The highest BCUT2D eigenvalue weighted by Gasteiger charge is 2.16. The molecule has 0 spiro atoms. The molecule has 0 aliphatic rings. The van der Waals surface area contributed by atoms with Gasteiger partial charge in [-0.2, -0.15) is 0 Å². The van der Waals surface area contributed by atoms with E-state index in [1.165, 1.54) is 5.56 Å². The summed E-state index contributed by atoms with van der Waals surface area (Å²) in [6.07, 6.45) is 0.547. The summed E-state index contributed by atoms with van der Waals surface area (Å²) in [5, 5.41) is 3.26. The Hall–Kier alpha value is -1.35. The van der Waals surface area contributed by atoms with Crippen molar-refractivity contribution in [3.8, 4) is 0 Å². The fraction of sp³-hybridized carbons (Fsp3) is 0.533. The molecule has 0 saturated heterocycles. The van der Waals surface area contributed by atoms with Gasteiger partial charge in [-0.25, -0.2) is 0 Å². The average Bonchev–Trinajstić information content (AvgIpc) is 2.37. The highest BCUT2D eigenvalue weighted by atomic mass is 16.2. The maximum absolute atomic E-state index is 12.0. The molecule has 3 heteroatoms. The molecular formula is C15H24N2O. The van der Waals surface area contributed by atoms with Gasteiger partial charge in [0.05, 0.1) is 6.04 Å². The van der Waals surface area contributed by atoms with Crippen LogP contribution in [0.2, 0.25) is 0 Å². The molecule has 3 nitrogen and oxygen atoms in total. The third-order valence-corrected chi connectivity index (χ3v) is 3.15. The van der Waals surface area contributed by atoms with Crippen LogP contribution in [0.3, 0.4) is 0 Å². The number of rotatable bonds is 6. The predicted molar refractivity (Wildman–Crippen MR) is 75.4 cm³/mol. The number of amides is 1. The molecule has 0 aliphatic carbocycles. The third kappa shape index (κ3) is 4.49. The summed E-state index contributed by atoms with van der Waals surface area (Å²) < 4.78 is 0. The van der Waals surface area contributed by atoms with Crippen molar-refractivity contribution >= 4 is 5.91 Å². The van der Waals surface area contributed by atoms with E-state index in [2.05, 4.69) is 38.2 Å². The van der Waals surface area contributed by atoms with Crippen molar-refractivity contribution in [1.82, 2.24) is 10.2 Å². The van der Waals surface area contributed by atoms with E-state index in [0.29, 0.717) is 12.5 Å². The first-order valence-electron chi connectivity index (χ1n) is 6.56. The van der Waals surface area contributed by atoms with E-state index < -0.39 is 0 Å². The Bertz CT molecular complexity index is 362. The molecule has 18 heavy (non-hydrogen) atoms. The van der Waals surface area contributed by atoms with Crippen LogP contribution >= 0.6 is 0 Å². The summed E-state index contributed by atoms with van der Waals surface area (Å²) in [4.78, 5) is 13.8. The Morgan fingerprint density at radius 2 is 1.83 bits per heavy atom. The number of nitrogens with zero attached hydrogens (tertiary/aromatic N) is 1. The highest BCUT2D eigenvalue weighted by molar-refractivity contribution is 5.76. The van der Waals surface area contributed by atoms with Gasteiger partial charge in [-0.3, -0.25) is 4.79 Å². The van der Waals surface area contributed by atoms with Crippen molar-refractivity contribution in [2.24, 2.45) is 0 Å². The minimum atomic E-state index is 0.123. The predicted octanol–water partition coefficient (Wildman–Crippen LogP) is 2.59. The summed E-state index contributed by atoms with van der Waals surface area (Å²) in [6.45, 7) is 6.97. The number of benzene rings is 1. The molecule has 0 saturated carbocycles. The molecule has 100 valence electrons. The number of hydrogen-bond acceptors (Lipinski definition) is 2. The zero-order valence-electron chi connectivity index (χ0n) is 11.8. The van der Waals surface area contributed by atoms with Gasteiger partial charge in [-0.05, 0) is 12.5 Å². The molecule has 1 N–H and O–H groups in total. The van der Waals surface area contributed by atoms with Crippen molar-refractivity contribution in [2.75, 3.05) is 13.6 Å². The minimum absolute atomic E-state index is 0.123. The lowest BCUT2D eigenvalue weighted by molar-refractivity contribution is -0.131. The summed E-state index contributed by atoms with van der Waals surface area (Å²) in [5.41, 5.74) is 1.17. The second-order valence-electron chi connectivity index (χ2n) is 4.95. The molecule has 1 aromatic rings. The van der Waals surface area contributed by atoms with Gasteiger partial charge in [0.25, 0.3) is 0 Å². The van der Waals surface area contributed by atoms with Crippen LogP contribution in [0.5, 0.6) is 0 Å². The molecule has 1 atom stereocenters. The maximum Gasteiger partial charge on any atom is 0.224 e. The molecule has 0 radical (unpaired) electrons. The molecule has 0 bridgehead atoms. The summed E-state index contributed by atoms with van der Waals surface area (Å²) >= 11 is 0. The zero-order valence-corrected chi connectivity index (χ0v) is 11.8. The summed E-state index contributed by atoms with van der Waals surface area (Å²) in [7, 11) is 1.87. The minimum Gasteiger partial charge on any atom is -0.339 e. The topological polar surface area (TPSA) is 32.3 Å². The second-order valence-corrected chi connectivity index (χ2v) is 4.95. The van der Waals surface area contributed by atoms with E-state index in [1.54, 1.807) is 0 Å². The van der Waals surface area contributed by atoms with Crippen molar-refractivity contribution in [1.29, 1.82) is 0 Å². The monoisotopic (exact) mass is 248 g/mol. The number of carbonyl (C=O) groups excluding carboxylic acids is 1. The van der Waals surface area contributed by atoms with Gasteiger partial charge in [0.1, 0.15) is 0 Å². The van der Waals surface area contributed by atoms with E-state index in [4.69, 9.17) is 0 Å². The molecular weight excluding hydrogens is 224 g/mol. The normalized spacial score (nSPS) is 12.5.